The van der Waals surface area contributed by atoms with Crippen LogP contribution in [0.25, 0.3) is 0 Å². The molecule has 0 bridgehead atoms. The lowest BCUT2D eigenvalue weighted by Crippen LogP contribution is -2.58. The van der Waals surface area contributed by atoms with Crippen molar-refractivity contribution >= 4 is 34.5 Å². The second-order valence-corrected chi connectivity index (χ2v) is 19.3. The molecule has 0 rings (SSSR count). The van der Waals surface area contributed by atoms with E-state index in [1.807, 2.05) is 6.92 Å². The highest BCUT2D eigenvalue weighted by Gasteiger charge is 2.37. The standard InChI is InChI=1S/C38H74N4O11S/c1-15-16-26-42(34(46)53-38(11,12)13)30(40-32(44)51-36(5,6)7)29(23-19-17-18-22-27-49-54(14,47)48)28-41(33(45)52-37(8,9)10)25-21-20-24-39-31(43)50-35(2,3)4/h29-30H,15-28H2,1-14H3,(H,39,43)(H,40,44). The fourth-order valence-electron chi connectivity index (χ4n) is 5.09. The van der Waals surface area contributed by atoms with Crippen LogP contribution in [0, 0.1) is 5.92 Å². The minimum atomic E-state index is -3.54. The molecule has 0 aromatic heterocycles. The second-order valence-electron chi connectivity index (χ2n) is 17.7. The van der Waals surface area contributed by atoms with Gasteiger partial charge >= 0.3 is 24.4 Å². The number of ether oxygens (including phenoxy) is 4. The van der Waals surface area contributed by atoms with Crippen molar-refractivity contribution in [3.8, 4) is 0 Å². The molecule has 0 aromatic carbocycles. The number of nitrogens with zero attached hydrogens (tertiary/aromatic N) is 2. The fraction of sp³-hybridized carbons (Fsp3) is 0.895. The second kappa shape index (κ2) is 23.2. The Kier molecular flexibility index (Phi) is 21.9. The zero-order chi connectivity index (χ0) is 42.0. The number of nitrogens with one attached hydrogen (secondary N) is 2. The average Bonchev–Trinajstić information content (AvgIpc) is 2.94. The highest BCUT2D eigenvalue weighted by molar-refractivity contribution is 7.85. The van der Waals surface area contributed by atoms with Crippen molar-refractivity contribution in [3.63, 3.8) is 0 Å². The van der Waals surface area contributed by atoms with E-state index in [9.17, 15) is 27.6 Å². The number of carbonyl (C=O) groups is 4. The first-order valence-electron chi connectivity index (χ1n) is 19.3. The lowest BCUT2D eigenvalue weighted by molar-refractivity contribution is -0.00844. The van der Waals surface area contributed by atoms with Gasteiger partial charge in [-0.05, 0) is 115 Å². The summed E-state index contributed by atoms with van der Waals surface area (Å²) in [6.45, 7) is 24.3. The molecule has 0 radical (unpaired) electrons. The number of alkyl carbamates (subject to hydrolysis) is 2. The van der Waals surface area contributed by atoms with Crippen LogP contribution in [0.4, 0.5) is 19.2 Å². The van der Waals surface area contributed by atoms with Crippen molar-refractivity contribution in [1.82, 2.24) is 20.4 Å². The maximum absolute atomic E-state index is 13.9. The average molecular weight is 795 g/mol. The van der Waals surface area contributed by atoms with E-state index in [0.717, 1.165) is 12.7 Å². The third-order valence-corrected chi connectivity index (χ3v) is 7.82. The molecule has 15 nitrogen and oxygen atoms in total. The van der Waals surface area contributed by atoms with Gasteiger partial charge in [-0.1, -0.05) is 32.6 Å². The Morgan fingerprint density at radius 3 is 1.67 bits per heavy atom. The lowest BCUT2D eigenvalue weighted by Gasteiger charge is -2.40. The molecule has 0 aliphatic rings. The van der Waals surface area contributed by atoms with E-state index in [4.69, 9.17) is 23.1 Å². The van der Waals surface area contributed by atoms with E-state index < -0.39 is 69.0 Å². The Morgan fingerprint density at radius 1 is 0.630 bits per heavy atom. The summed E-state index contributed by atoms with van der Waals surface area (Å²) in [6.07, 6.45) is 3.10. The number of hydrogen-bond acceptors (Lipinski definition) is 11. The van der Waals surface area contributed by atoms with Crippen molar-refractivity contribution in [1.29, 1.82) is 0 Å². The highest BCUT2D eigenvalue weighted by atomic mass is 32.2. The van der Waals surface area contributed by atoms with Gasteiger partial charge in [0, 0.05) is 32.1 Å². The van der Waals surface area contributed by atoms with Gasteiger partial charge in [-0.25, -0.2) is 19.2 Å². The summed E-state index contributed by atoms with van der Waals surface area (Å²) in [6, 6.07) is 0. The molecule has 0 saturated heterocycles. The molecule has 0 heterocycles. The molecule has 0 aliphatic heterocycles. The Morgan fingerprint density at radius 2 is 1.15 bits per heavy atom. The van der Waals surface area contributed by atoms with Crippen LogP contribution in [0.3, 0.4) is 0 Å². The quantitative estimate of drug-likeness (QED) is 0.0498. The van der Waals surface area contributed by atoms with E-state index in [1.165, 1.54) is 4.90 Å². The van der Waals surface area contributed by atoms with Crippen LogP contribution in [-0.4, -0.2) is 110 Å². The van der Waals surface area contributed by atoms with Crippen LogP contribution >= 0.6 is 0 Å². The lowest BCUT2D eigenvalue weighted by atomic mass is 9.95. The Hall–Kier alpha value is -3.01. The molecule has 318 valence electrons. The van der Waals surface area contributed by atoms with Crippen molar-refractivity contribution in [2.24, 2.45) is 5.92 Å². The summed E-state index contributed by atoms with van der Waals surface area (Å²) in [5, 5.41) is 5.71. The normalized spacial score (nSPS) is 13.7. The first-order valence-corrected chi connectivity index (χ1v) is 21.1. The van der Waals surface area contributed by atoms with Crippen LogP contribution in [-0.2, 0) is 33.2 Å². The minimum Gasteiger partial charge on any atom is -0.444 e. The molecule has 0 spiro atoms. The summed E-state index contributed by atoms with van der Waals surface area (Å²) < 4.78 is 50.4. The van der Waals surface area contributed by atoms with Crippen molar-refractivity contribution in [2.75, 3.05) is 39.0 Å². The van der Waals surface area contributed by atoms with E-state index in [2.05, 4.69) is 10.6 Å². The van der Waals surface area contributed by atoms with E-state index in [-0.39, 0.29) is 26.2 Å². The van der Waals surface area contributed by atoms with Gasteiger partial charge in [-0.2, -0.15) is 8.42 Å². The molecule has 2 unspecified atom stereocenters. The van der Waals surface area contributed by atoms with E-state index >= 15 is 0 Å². The SMILES string of the molecule is CCCCN(C(=O)OC(C)(C)C)C(NC(=O)OC(C)(C)C)C(CCCCCCOS(C)(=O)=O)CN(CCCCNC(=O)OC(C)(C)C)C(=O)OC(C)(C)C. The van der Waals surface area contributed by atoms with Crippen LogP contribution in [0.5, 0.6) is 0 Å². The van der Waals surface area contributed by atoms with Crippen molar-refractivity contribution in [3.05, 3.63) is 0 Å². The molecule has 0 fully saturated rings. The Labute approximate surface area is 326 Å². The maximum Gasteiger partial charge on any atom is 0.411 e. The molecule has 2 atom stereocenters. The number of rotatable bonds is 21. The largest absolute Gasteiger partial charge is 0.444 e. The maximum atomic E-state index is 13.9. The first-order chi connectivity index (χ1) is 24.5. The van der Waals surface area contributed by atoms with Gasteiger partial charge in [0.25, 0.3) is 10.1 Å². The topological polar surface area (TPSA) is 179 Å². The number of unbranched alkanes of at least 4 members (excludes halogenated alkanes) is 5. The molecule has 0 aromatic rings. The zero-order valence-corrected chi connectivity index (χ0v) is 36.7. The third kappa shape index (κ3) is 27.6. The van der Waals surface area contributed by atoms with Gasteiger partial charge in [0.1, 0.15) is 28.6 Å². The van der Waals surface area contributed by atoms with Crippen molar-refractivity contribution < 1.29 is 50.7 Å². The fourth-order valence-corrected chi connectivity index (χ4v) is 5.51. The summed E-state index contributed by atoms with van der Waals surface area (Å²) >= 11 is 0. The predicted molar refractivity (Wildman–Crippen MR) is 210 cm³/mol. The first kappa shape index (κ1) is 51.0. The summed E-state index contributed by atoms with van der Waals surface area (Å²) in [4.78, 5) is 56.4. The zero-order valence-electron chi connectivity index (χ0n) is 35.8. The molecular formula is C38H74N4O11S. The Bertz CT molecular complexity index is 1250. The molecule has 4 amide bonds. The number of amides is 4. The van der Waals surface area contributed by atoms with Crippen LogP contribution in [0.2, 0.25) is 0 Å². The molecule has 16 heteroatoms. The summed E-state index contributed by atoms with van der Waals surface area (Å²) in [5.74, 6) is -0.512. The molecule has 0 aliphatic carbocycles. The van der Waals surface area contributed by atoms with Crippen molar-refractivity contribution in [2.45, 2.75) is 176 Å². The molecule has 54 heavy (non-hydrogen) atoms. The third-order valence-electron chi connectivity index (χ3n) is 7.22. The van der Waals surface area contributed by atoms with Gasteiger partial charge in [0.15, 0.2) is 0 Å². The number of hydrogen-bond donors (Lipinski definition) is 2. The van der Waals surface area contributed by atoms with Gasteiger partial charge in [-0.15, -0.1) is 0 Å². The smallest absolute Gasteiger partial charge is 0.411 e. The van der Waals surface area contributed by atoms with Gasteiger partial charge in [0.2, 0.25) is 0 Å². The van der Waals surface area contributed by atoms with Crippen LogP contribution < -0.4 is 10.6 Å². The van der Waals surface area contributed by atoms with Crippen LogP contribution in [0.15, 0.2) is 0 Å². The monoisotopic (exact) mass is 795 g/mol. The summed E-state index contributed by atoms with van der Waals surface area (Å²) in [7, 11) is -3.54. The van der Waals surface area contributed by atoms with E-state index in [1.54, 1.807) is 88.0 Å². The number of carbonyl (C=O) groups excluding carboxylic acids is 4. The van der Waals surface area contributed by atoms with E-state index in [0.29, 0.717) is 57.9 Å². The molecule has 2 N–H and O–H groups in total. The van der Waals surface area contributed by atoms with Gasteiger partial charge in [-0.3, -0.25) is 9.08 Å². The highest BCUT2D eigenvalue weighted by Crippen LogP contribution is 2.25. The minimum absolute atomic E-state index is 0.0731. The van der Waals surface area contributed by atoms with Gasteiger partial charge < -0.3 is 34.5 Å². The Balaban J connectivity index is 6.72. The predicted octanol–water partition coefficient (Wildman–Crippen LogP) is 7.96. The molecular weight excluding hydrogens is 721 g/mol. The van der Waals surface area contributed by atoms with Gasteiger partial charge in [0.05, 0.1) is 12.9 Å². The summed E-state index contributed by atoms with van der Waals surface area (Å²) in [5.41, 5.74) is -3.08. The molecule has 0 saturated carbocycles. The van der Waals surface area contributed by atoms with Crippen LogP contribution in [0.1, 0.15) is 148 Å².